The number of carbonyl (C=O) groups excluding carboxylic acids is 1. The zero-order valence-corrected chi connectivity index (χ0v) is 10.3. The Bertz CT molecular complexity index is 555. The van der Waals surface area contributed by atoms with Gasteiger partial charge in [0.2, 0.25) is 6.39 Å². The fourth-order valence-corrected chi connectivity index (χ4v) is 1.42. The average molecular weight is 263 g/mol. The Labute approximate surface area is 109 Å². The molecule has 0 aromatic carbocycles. The summed E-state index contributed by atoms with van der Waals surface area (Å²) in [6, 6.07) is 1.50. The molecule has 0 saturated heterocycles. The largest absolute Gasteiger partial charge is 0.462 e. The maximum Gasteiger partial charge on any atom is 0.341 e. The second kappa shape index (κ2) is 5.80. The highest BCUT2D eigenvalue weighted by Gasteiger charge is 2.14. The van der Waals surface area contributed by atoms with Crippen LogP contribution in [0.1, 0.15) is 23.1 Å². The zero-order chi connectivity index (χ0) is 13.7. The van der Waals surface area contributed by atoms with Gasteiger partial charge in [-0.15, -0.1) is 0 Å². The van der Waals surface area contributed by atoms with Crippen LogP contribution < -0.4 is 11.1 Å². The second-order valence-corrected chi connectivity index (χ2v) is 3.59. The third kappa shape index (κ3) is 3.18. The number of anilines is 2. The van der Waals surface area contributed by atoms with Crippen LogP contribution in [0.3, 0.4) is 0 Å². The molecule has 2 aromatic heterocycles. The summed E-state index contributed by atoms with van der Waals surface area (Å²) in [5.41, 5.74) is 6.27. The van der Waals surface area contributed by atoms with Crippen molar-refractivity contribution >= 4 is 17.5 Å². The molecule has 8 heteroatoms. The highest BCUT2D eigenvalue weighted by Crippen LogP contribution is 2.17. The number of nitrogen functional groups attached to an aromatic ring is 1. The van der Waals surface area contributed by atoms with Crippen molar-refractivity contribution < 1.29 is 14.1 Å². The SMILES string of the molecule is CCOC(=O)c1cc(N)cnc1NCc1ncon1. The first-order valence-corrected chi connectivity index (χ1v) is 5.62. The third-order valence-corrected chi connectivity index (χ3v) is 2.23. The maximum atomic E-state index is 11.8. The van der Waals surface area contributed by atoms with Gasteiger partial charge in [0.05, 0.1) is 25.0 Å². The number of esters is 1. The molecule has 0 spiro atoms. The normalized spacial score (nSPS) is 10.2. The molecule has 0 aliphatic rings. The number of pyridine rings is 1. The van der Waals surface area contributed by atoms with E-state index in [9.17, 15) is 4.79 Å². The van der Waals surface area contributed by atoms with Crippen LogP contribution in [-0.2, 0) is 11.3 Å². The number of nitrogens with one attached hydrogen (secondary N) is 1. The monoisotopic (exact) mass is 263 g/mol. The highest BCUT2D eigenvalue weighted by molar-refractivity contribution is 5.95. The van der Waals surface area contributed by atoms with E-state index in [1.165, 1.54) is 18.7 Å². The fourth-order valence-electron chi connectivity index (χ4n) is 1.42. The van der Waals surface area contributed by atoms with Crippen LogP contribution in [0.5, 0.6) is 0 Å². The van der Waals surface area contributed by atoms with E-state index in [0.717, 1.165) is 0 Å². The number of aromatic nitrogens is 3. The first kappa shape index (κ1) is 12.8. The lowest BCUT2D eigenvalue weighted by molar-refractivity contribution is 0.0527. The van der Waals surface area contributed by atoms with Gasteiger partial charge in [-0.1, -0.05) is 5.16 Å². The van der Waals surface area contributed by atoms with Gasteiger partial charge in [-0.25, -0.2) is 9.78 Å². The average Bonchev–Trinajstić information content (AvgIpc) is 2.90. The number of ether oxygens (including phenoxy) is 1. The molecule has 19 heavy (non-hydrogen) atoms. The van der Waals surface area contributed by atoms with Crippen molar-refractivity contribution in [2.75, 3.05) is 17.7 Å². The van der Waals surface area contributed by atoms with Crippen LogP contribution in [-0.4, -0.2) is 27.7 Å². The first-order valence-electron chi connectivity index (χ1n) is 5.62. The van der Waals surface area contributed by atoms with Crippen LogP contribution in [0.4, 0.5) is 11.5 Å². The lowest BCUT2D eigenvalue weighted by Gasteiger charge is -2.09. The van der Waals surface area contributed by atoms with Crippen molar-refractivity contribution in [1.29, 1.82) is 0 Å². The number of hydrogen-bond donors (Lipinski definition) is 2. The van der Waals surface area contributed by atoms with E-state index >= 15 is 0 Å². The lowest BCUT2D eigenvalue weighted by atomic mass is 10.2. The minimum absolute atomic E-state index is 0.269. The number of nitrogens with zero attached hydrogens (tertiary/aromatic N) is 3. The molecule has 0 aliphatic heterocycles. The molecule has 8 nitrogen and oxygen atoms in total. The van der Waals surface area contributed by atoms with Gasteiger partial charge in [0, 0.05) is 0 Å². The second-order valence-electron chi connectivity index (χ2n) is 3.59. The van der Waals surface area contributed by atoms with Gasteiger partial charge < -0.3 is 20.3 Å². The van der Waals surface area contributed by atoms with Crippen LogP contribution in [0.2, 0.25) is 0 Å². The Hall–Kier alpha value is -2.64. The minimum Gasteiger partial charge on any atom is -0.462 e. The van der Waals surface area contributed by atoms with Gasteiger partial charge in [-0.2, -0.15) is 4.98 Å². The molecule has 0 atom stereocenters. The number of hydrogen-bond acceptors (Lipinski definition) is 8. The summed E-state index contributed by atoms with van der Waals surface area (Å²) in [5, 5.41) is 6.57. The summed E-state index contributed by atoms with van der Waals surface area (Å²) in [4.78, 5) is 19.7. The van der Waals surface area contributed by atoms with Crippen LogP contribution >= 0.6 is 0 Å². The van der Waals surface area contributed by atoms with E-state index in [-0.39, 0.29) is 18.7 Å². The van der Waals surface area contributed by atoms with Gasteiger partial charge in [0.15, 0.2) is 5.82 Å². The number of carbonyl (C=O) groups is 1. The molecule has 2 rings (SSSR count). The van der Waals surface area contributed by atoms with Gasteiger partial charge in [-0.3, -0.25) is 0 Å². The zero-order valence-electron chi connectivity index (χ0n) is 10.3. The Morgan fingerprint density at radius 3 is 3.05 bits per heavy atom. The summed E-state index contributed by atoms with van der Waals surface area (Å²) in [7, 11) is 0. The Morgan fingerprint density at radius 1 is 1.53 bits per heavy atom. The van der Waals surface area contributed by atoms with Crippen molar-refractivity contribution in [2.45, 2.75) is 13.5 Å². The predicted octanol–water partition coefficient (Wildman–Crippen LogP) is 0.836. The Balaban J connectivity index is 2.16. The molecule has 100 valence electrons. The standard InChI is InChI=1S/C11H13N5O3/c1-2-18-11(17)8-3-7(12)4-13-10(8)14-5-9-15-6-19-16-9/h3-4,6H,2,5,12H2,1H3,(H,13,14). The Morgan fingerprint density at radius 2 is 2.37 bits per heavy atom. The minimum atomic E-state index is -0.488. The van der Waals surface area contributed by atoms with E-state index in [2.05, 4.69) is 25.0 Å². The summed E-state index contributed by atoms with van der Waals surface area (Å²) in [5.74, 6) is 0.323. The van der Waals surface area contributed by atoms with Crippen molar-refractivity contribution in [3.05, 3.63) is 30.0 Å². The summed E-state index contributed by atoms with van der Waals surface area (Å²) in [6.07, 6.45) is 2.67. The smallest absolute Gasteiger partial charge is 0.341 e. The molecule has 0 fully saturated rings. The molecule has 0 radical (unpaired) electrons. The first-order chi connectivity index (χ1) is 9.20. The van der Waals surface area contributed by atoms with E-state index < -0.39 is 5.97 Å². The van der Waals surface area contributed by atoms with Crippen molar-refractivity contribution in [3.63, 3.8) is 0 Å². The molecule has 2 aromatic rings. The van der Waals surface area contributed by atoms with Crippen molar-refractivity contribution in [1.82, 2.24) is 15.1 Å². The summed E-state index contributed by atoms with van der Waals surface area (Å²) >= 11 is 0. The molecular formula is C11H13N5O3. The number of rotatable bonds is 5. The highest BCUT2D eigenvalue weighted by atomic mass is 16.5. The molecule has 2 heterocycles. The van der Waals surface area contributed by atoms with Gasteiger partial charge in [0.25, 0.3) is 0 Å². The molecule has 0 unspecified atom stereocenters. The quantitative estimate of drug-likeness (QED) is 0.762. The summed E-state index contributed by atoms with van der Waals surface area (Å²) in [6.45, 7) is 2.28. The van der Waals surface area contributed by atoms with E-state index in [1.807, 2.05) is 0 Å². The molecule has 0 bridgehead atoms. The molecule has 0 amide bonds. The van der Waals surface area contributed by atoms with Gasteiger partial charge >= 0.3 is 5.97 Å². The van der Waals surface area contributed by atoms with Gasteiger partial charge in [-0.05, 0) is 13.0 Å². The molecule has 0 aliphatic carbocycles. The number of nitrogens with two attached hydrogens (primary N) is 1. The molecule has 0 saturated carbocycles. The maximum absolute atomic E-state index is 11.8. The van der Waals surface area contributed by atoms with E-state index in [1.54, 1.807) is 6.92 Å². The van der Waals surface area contributed by atoms with E-state index in [0.29, 0.717) is 17.3 Å². The van der Waals surface area contributed by atoms with E-state index in [4.69, 9.17) is 10.5 Å². The Kier molecular flexibility index (Phi) is 3.91. The topological polar surface area (TPSA) is 116 Å². The fraction of sp³-hybridized carbons (Fsp3) is 0.273. The predicted molar refractivity (Wildman–Crippen MR) is 66.2 cm³/mol. The lowest BCUT2D eigenvalue weighted by Crippen LogP contribution is -2.12. The molecular weight excluding hydrogens is 250 g/mol. The van der Waals surface area contributed by atoms with Crippen LogP contribution in [0, 0.1) is 0 Å². The van der Waals surface area contributed by atoms with Crippen molar-refractivity contribution in [2.24, 2.45) is 0 Å². The summed E-state index contributed by atoms with van der Waals surface area (Å²) < 4.78 is 9.54. The van der Waals surface area contributed by atoms with Crippen molar-refractivity contribution in [3.8, 4) is 0 Å². The van der Waals surface area contributed by atoms with Crippen LogP contribution in [0.25, 0.3) is 0 Å². The molecule has 3 N–H and O–H groups in total. The van der Waals surface area contributed by atoms with Gasteiger partial charge in [0.1, 0.15) is 11.4 Å². The van der Waals surface area contributed by atoms with Crippen LogP contribution in [0.15, 0.2) is 23.2 Å². The third-order valence-electron chi connectivity index (χ3n) is 2.23.